The lowest BCUT2D eigenvalue weighted by Gasteiger charge is -2.28. The maximum absolute atomic E-state index is 12.6. The number of carbonyl (C=O) groups excluding carboxylic acids is 2. The van der Waals surface area contributed by atoms with E-state index in [1.54, 1.807) is 11.0 Å². The van der Waals surface area contributed by atoms with Crippen molar-refractivity contribution in [2.75, 3.05) is 19.7 Å². The van der Waals surface area contributed by atoms with Crippen molar-refractivity contribution in [3.63, 3.8) is 0 Å². The third kappa shape index (κ3) is 3.39. The molecule has 2 atom stereocenters. The normalized spacial score (nSPS) is 21.5. The summed E-state index contributed by atoms with van der Waals surface area (Å²) in [5.41, 5.74) is 0. The van der Waals surface area contributed by atoms with Gasteiger partial charge in [-0.3, -0.25) is 9.59 Å². The van der Waals surface area contributed by atoms with Gasteiger partial charge in [0, 0.05) is 6.54 Å². The van der Waals surface area contributed by atoms with Crippen LogP contribution >= 0.6 is 11.3 Å². The molecule has 2 aromatic rings. The molecule has 1 fully saturated rings. The van der Waals surface area contributed by atoms with Crippen molar-refractivity contribution in [1.82, 2.24) is 10.2 Å². The van der Waals surface area contributed by atoms with Gasteiger partial charge in [0.05, 0.1) is 11.4 Å². The second kappa shape index (κ2) is 7.37. The number of rotatable bonds is 4. The highest BCUT2D eigenvalue weighted by molar-refractivity contribution is 7.12. The molecule has 0 saturated carbocycles. The summed E-state index contributed by atoms with van der Waals surface area (Å²) >= 11 is 1.40. The number of likely N-dealkylation sites (tertiary alicyclic amines) is 1. The number of amides is 2. The van der Waals surface area contributed by atoms with Crippen LogP contribution in [0.15, 0.2) is 41.8 Å². The predicted molar refractivity (Wildman–Crippen MR) is 97.7 cm³/mol. The van der Waals surface area contributed by atoms with Crippen LogP contribution in [-0.2, 0) is 4.79 Å². The first-order valence-electron chi connectivity index (χ1n) is 8.73. The highest BCUT2D eigenvalue weighted by Gasteiger charge is 2.35. The minimum Gasteiger partial charge on any atom is -0.486 e. The Morgan fingerprint density at radius 1 is 1.19 bits per heavy atom. The number of ether oxygens (including phenoxy) is 2. The van der Waals surface area contributed by atoms with Crippen molar-refractivity contribution in [2.24, 2.45) is 0 Å². The molecule has 0 spiro atoms. The largest absolute Gasteiger partial charge is 0.486 e. The molecule has 1 aromatic carbocycles. The summed E-state index contributed by atoms with van der Waals surface area (Å²) in [5.74, 6) is 1.21. The molecular formula is C19H20N2O4S. The Bertz CT molecular complexity index is 793. The second-order valence-electron chi connectivity index (χ2n) is 6.38. The third-order valence-corrected chi connectivity index (χ3v) is 5.48. The summed E-state index contributed by atoms with van der Waals surface area (Å²) < 4.78 is 11.5. The molecule has 1 N–H and O–H groups in total. The van der Waals surface area contributed by atoms with E-state index in [-0.39, 0.29) is 17.9 Å². The van der Waals surface area contributed by atoms with E-state index >= 15 is 0 Å². The molecule has 3 heterocycles. The average molecular weight is 372 g/mol. The Labute approximate surface area is 155 Å². The van der Waals surface area contributed by atoms with Crippen molar-refractivity contribution in [3.05, 3.63) is 46.7 Å². The molecule has 2 aliphatic rings. The lowest BCUT2D eigenvalue weighted by Crippen LogP contribution is -2.49. The molecule has 136 valence electrons. The number of nitrogens with zero attached hydrogens (tertiary/aromatic N) is 1. The van der Waals surface area contributed by atoms with E-state index in [0.717, 1.165) is 12.2 Å². The van der Waals surface area contributed by atoms with Crippen molar-refractivity contribution in [3.8, 4) is 11.5 Å². The molecule has 1 unspecified atom stereocenters. The van der Waals surface area contributed by atoms with Crippen LogP contribution in [0.2, 0.25) is 0 Å². The van der Waals surface area contributed by atoms with Gasteiger partial charge >= 0.3 is 0 Å². The number of nitrogens with one attached hydrogen (secondary N) is 1. The summed E-state index contributed by atoms with van der Waals surface area (Å²) in [4.78, 5) is 27.5. The Kier molecular flexibility index (Phi) is 4.79. The van der Waals surface area contributed by atoms with Gasteiger partial charge in [0.2, 0.25) is 5.91 Å². The van der Waals surface area contributed by atoms with Crippen molar-refractivity contribution < 1.29 is 19.1 Å². The highest BCUT2D eigenvalue weighted by atomic mass is 32.1. The van der Waals surface area contributed by atoms with Gasteiger partial charge in [-0.1, -0.05) is 18.2 Å². The van der Waals surface area contributed by atoms with Crippen LogP contribution in [0.1, 0.15) is 22.5 Å². The molecule has 0 bridgehead atoms. The average Bonchev–Trinajstić information content (AvgIpc) is 3.37. The lowest BCUT2D eigenvalue weighted by atomic mass is 10.2. The van der Waals surface area contributed by atoms with E-state index in [0.29, 0.717) is 36.7 Å². The van der Waals surface area contributed by atoms with Gasteiger partial charge in [-0.25, -0.2) is 0 Å². The standard InChI is InChI=1S/C19H20N2O4S/c22-18(14-5-3-9-21(14)19(23)17-8-4-10-26-17)20-11-13-12-24-15-6-1-2-7-16(15)25-13/h1-2,4,6-8,10,13-14H,3,5,9,11-12H2,(H,20,22)/t13?,14-/m0/s1. The van der Waals surface area contributed by atoms with Crippen LogP contribution in [0, 0.1) is 0 Å². The van der Waals surface area contributed by atoms with Gasteiger partial charge in [-0.2, -0.15) is 0 Å². The third-order valence-electron chi connectivity index (χ3n) is 4.62. The number of hydrogen-bond donors (Lipinski definition) is 1. The molecule has 0 radical (unpaired) electrons. The van der Waals surface area contributed by atoms with Gasteiger partial charge in [-0.15, -0.1) is 11.3 Å². The SMILES string of the molecule is O=C(NCC1COc2ccccc2O1)[C@@H]1CCCN1C(=O)c1cccs1. The zero-order chi connectivity index (χ0) is 17.9. The quantitative estimate of drug-likeness (QED) is 0.894. The van der Waals surface area contributed by atoms with E-state index in [1.165, 1.54) is 11.3 Å². The number of hydrogen-bond acceptors (Lipinski definition) is 5. The molecule has 6 nitrogen and oxygen atoms in total. The Morgan fingerprint density at radius 3 is 2.85 bits per heavy atom. The molecule has 0 aliphatic carbocycles. The number of fused-ring (bicyclic) bond motifs is 1. The fraction of sp³-hybridized carbons (Fsp3) is 0.368. The molecule has 26 heavy (non-hydrogen) atoms. The lowest BCUT2D eigenvalue weighted by molar-refractivity contribution is -0.125. The molecule has 1 saturated heterocycles. The molecular weight excluding hydrogens is 352 g/mol. The van der Waals surface area contributed by atoms with E-state index < -0.39 is 6.04 Å². The highest BCUT2D eigenvalue weighted by Crippen LogP contribution is 2.30. The van der Waals surface area contributed by atoms with Crippen molar-refractivity contribution >= 4 is 23.2 Å². The smallest absolute Gasteiger partial charge is 0.264 e. The monoisotopic (exact) mass is 372 g/mol. The van der Waals surface area contributed by atoms with Crippen LogP contribution in [0.4, 0.5) is 0 Å². The molecule has 2 amide bonds. The maximum atomic E-state index is 12.6. The molecule has 1 aromatic heterocycles. The first-order chi connectivity index (χ1) is 12.7. The minimum absolute atomic E-state index is 0.0659. The predicted octanol–water partition coefficient (Wildman–Crippen LogP) is 2.31. The van der Waals surface area contributed by atoms with Crippen molar-refractivity contribution in [2.45, 2.75) is 25.0 Å². The van der Waals surface area contributed by atoms with E-state index in [1.807, 2.05) is 35.7 Å². The molecule has 4 rings (SSSR count). The minimum atomic E-state index is -0.415. The number of carbonyl (C=O) groups is 2. The van der Waals surface area contributed by atoms with Crippen LogP contribution in [0.25, 0.3) is 0 Å². The van der Waals surface area contributed by atoms with Crippen LogP contribution in [0.3, 0.4) is 0 Å². The Hall–Kier alpha value is -2.54. The Morgan fingerprint density at radius 2 is 2.04 bits per heavy atom. The zero-order valence-electron chi connectivity index (χ0n) is 14.2. The fourth-order valence-corrected chi connectivity index (χ4v) is 4.00. The number of para-hydroxylation sites is 2. The summed E-state index contributed by atoms with van der Waals surface area (Å²) in [6, 6.07) is 10.7. The maximum Gasteiger partial charge on any atom is 0.264 e. The van der Waals surface area contributed by atoms with Gasteiger partial charge < -0.3 is 19.7 Å². The number of benzene rings is 1. The Balaban J connectivity index is 1.34. The van der Waals surface area contributed by atoms with E-state index in [2.05, 4.69) is 5.32 Å². The molecule has 7 heteroatoms. The summed E-state index contributed by atoms with van der Waals surface area (Å²) in [7, 11) is 0. The second-order valence-corrected chi connectivity index (χ2v) is 7.32. The summed E-state index contributed by atoms with van der Waals surface area (Å²) in [6.07, 6.45) is 1.29. The number of thiophene rings is 1. The van der Waals surface area contributed by atoms with Gasteiger partial charge in [-0.05, 0) is 36.4 Å². The van der Waals surface area contributed by atoms with Gasteiger partial charge in [0.1, 0.15) is 18.8 Å². The topological polar surface area (TPSA) is 67.9 Å². The summed E-state index contributed by atoms with van der Waals surface area (Å²) in [6.45, 7) is 1.36. The first kappa shape index (κ1) is 16.9. The van der Waals surface area contributed by atoms with Crippen molar-refractivity contribution in [1.29, 1.82) is 0 Å². The van der Waals surface area contributed by atoms with Crippen LogP contribution < -0.4 is 14.8 Å². The van der Waals surface area contributed by atoms with Gasteiger partial charge in [0.15, 0.2) is 11.5 Å². The van der Waals surface area contributed by atoms with Crippen LogP contribution in [-0.4, -0.2) is 48.6 Å². The van der Waals surface area contributed by atoms with Gasteiger partial charge in [0.25, 0.3) is 5.91 Å². The van der Waals surface area contributed by atoms with Crippen LogP contribution in [0.5, 0.6) is 11.5 Å². The zero-order valence-corrected chi connectivity index (χ0v) is 15.0. The van der Waals surface area contributed by atoms with E-state index in [4.69, 9.17) is 9.47 Å². The first-order valence-corrected chi connectivity index (χ1v) is 9.61. The fourth-order valence-electron chi connectivity index (χ4n) is 3.32. The summed E-state index contributed by atoms with van der Waals surface area (Å²) in [5, 5.41) is 4.79. The van der Waals surface area contributed by atoms with E-state index in [9.17, 15) is 9.59 Å². The molecule has 2 aliphatic heterocycles.